The Labute approximate surface area is 126 Å². The van der Waals surface area contributed by atoms with E-state index < -0.39 is 0 Å². The van der Waals surface area contributed by atoms with Crippen molar-refractivity contribution >= 4 is 5.91 Å². The lowest BCUT2D eigenvalue weighted by Gasteiger charge is -2.26. The minimum Gasteiger partial charge on any atom is -0.484 e. The second kappa shape index (κ2) is 8.64. The summed E-state index contributed by atoms with van der Waals surface area (Å²) in [5.74, 6) is 0.664. The first-order valence-corrected chi connectivity index (χ1v) is 7.50. The smallest absolute Gasteiger partial charge is 0.257 e. The van der Waals surface area contributed by atoms with E-state index in [1.807, 2.05) is 31.2 Å². The van der Waals surface area contributed by atoms with Crippen molar-refractivity contribution in [3.63, 3.8) is 0 Å². The van der Waals surface area contributed by atoms with E-state index in [2.05, 4.69) is 10.2 Å². The number of carbonyl (C=O) groups excluding carboxylic acids is 1. The van der Waals surface area contributed by atoms with Crippen LogP contribution in [0, 0.1) is 6.92 Å². The predicted octanol–water partition coefficient (Wildman–Crippen LogP) is 1.21. The van der Waals surface area contributed by atoms with E-state index in [-0.39, 0.29) is 12.5 Å². The summed E-state index contributed by atoms with van der Waals surface area (Å²) in [4.78, 5) is 14.0. The molecule has 5 heteroatoms. The molecule has 1 heterocycles. The van der Waals surface area contributed by atoms with E-state index in [1.54, 1.807) is 0 Å². The maximum absolute atomic E-state index is 11.7. The van der Waals surface area contributed by atoms with Gasteiger partial charge >= 0.3 is 0 Å². The summed E-state index contributed by atoms with van der Waals surface area (Å²) in [6.45, 7) is 7.37. The summed E-state index contributed by atoms with van der Waals surface area (Å²) in [6, 6.07) is 7.70. The molecule has 1 aliphatic rings. The van der Waals surface area contributed by atoms with Gasteiger partial charge in [0.1, 0.15) is 5.75 Å². The lowest BCUT2D eigenvalue weighted by molar-refractivity contribution is -0.123. The van der Waals surface area contributed by atoms with E-state index >= 15 is 0 Å². The quantitative estimate of drug-likeness (QED) is 0.768. The molecule has 0 radical (unpaired) electrons. The van der Waals surface area contributed by atoms with E-state index in [0.717, 1.165) is 50.6 Å². The Morgan fingerprint density at radius 3 is 2.95 bits per heavy atom. The van der Waals surface area contributed by atoms with Crippen LogP contribution in [0.15, 0.2) is 24.3 Å². The summed E-state index contributed by atoms with van der Waals surface area (Å²) in [7, 11) is 0. The molecule has 2 rings (SSSR count). The van der Waals surface area contributed by atoms with Crippen LogP contribution in [0.2, 0.25) is 0 Å². The van der Waals surface area contributed by atoms with Crippen molar-refractivity contribution in [2.75, 3.05) is 46.0 Å². The molecule has 21 heavy (non-hydrogen) atoms. The van der Waals surface area contributed by atoms with Gasteiger partial charge in [-0.15, -0.1) is 0 Å². The molecule has 0 aromatic heterocycles. The van der Waals surface area contributed by atoms with Crippen LogP contribution in [0.5, 0.6) is 5.75 Å². The molecule has 0 saturated carbocycles. The second-order valence-corrected chi connectivity index (χ2v) is 5.26. The van der Waals surface area contributed by atoms with Crippen LogP contribution in [0.25, 0.3) is 0 Å². The first-order chi connectivity index (χ1) is 10.2. The van der Waals surface area contributed by atoms with E-state index in [9.17, 15) is 4.79 Å². The number of morpholine rings is 1. The highest BCUT2D eigenvalue weighted by molar-refractivity contribution is 5.77. The minimum absolute atomic E-state index is 0.0704. The molecule has 0 spiro atoms. The minimum atomic E-state index is -0.0708. The predicted molar refractivity (Wildman–Crippen MR) is 81.6 cm³/mol. The first-order valence-electron chi connectivity index (χ1n) is 7.50. The zero-order chi connectivity index (χ0) is 14.9. The van der Waals surface area contributed by atoms with E-state index in [1.165, 1.54) is 0 Å². The zero-order valence-corrected chi connectivity index (χ0v) is 12.6. The summed E-state index contributed by atoms with van der Waals surface area (Å²) in [5.41, 5.74) is 1.12. The topological polar surface area (TPSA) is 50.8 Å². The van der Waals surface area contributed by atoms with Gasteiger partial charge in [0.05, 0.1) is 13.2 Å². The van der Waals surface area contributed by atoms with Crippen molar-refractivity contribution in [2.24, 2.45) is 0 Å². The number of benzene rings is 1. The number of nitrogens with one attached hydrogen (secondary N) is 1. The Morgan fingerprint density at radius 2 is 2.19 bits per heavy atom. The molecule has 1 fully saturated rings. The fourth-order valence-corrected chi connectivity index (χ4v) is 2.26. The normalized spacial score (nSPS) is 15.7. The van der Waals surface area contributed by atoms with Gasteiger partial charge in [0, 0.05) is 19.6 Å². The number of carbonyl (C=O) groups is 1. The highest BCUT2D eigenvalue weighted by Crippen LogP contribution is 2.11. The van der Waals surface area contributed by atoms with Crippen molar-refractivity contribution in [3.8, 4) is 5.75 Å². The van der Waals surface area contributed by atoms with Gasteiger partial charge in [0.2, 0.25) is 0 Å². The van der Waals surface area contributed by atoms with Crippen molar-refractivity contribution in [1.82, 2.24) is 10.2 Å². The third-order valence-electron chi connectivity index (χ3n) is 3.44. The summed E-state index contributed by atoms with van der Waals surface area (Å²) in [6.07, 6.45) is 0.955. The van der Waals surface area contributed by atoms with Crippen LogP contribution in [-0.2, 0) is 9.53 Å². The average molecular weight is 292 g/mol. The van der Waals surface area contributed by atoms with Crippen LogP contribution in [0.1, 0.15) is 12.0 Å². The molecule has 116 valence electrons. The van der Waals surface area contributed by atoms with Crippen LogP contribution in [0.3, 0.4) is 0 Å². The number of nitrogens with zero attached hydrogens (tertiary/aromatic N) is 1. The van der Waals surface area contributed by atoms with Gasteiger partial charge in [-0.05, 0) is 37.6 Å². The first kappa shape index (κ1) is 15.8. The van der Waals surface area contributed by atoms with Gasteiger partial charge in [0.25, 0.3) is 5.91 Å². The standard InChI is InChI=1S/C16H24N2O3/c1-14-4-2-5-15(12-14)21-13-16(19)17-6-3-7-18-8-10-20-11-9-18/h2,4-5,12H,3,6-11,13H2,1H3,(H,17,19). The van der Waals surface area contributed by atoms with Gasteiger partial charge in [-0.1, -0.05) is 12.1 Å². The number of hydrogen-bond donors (Lipinski definition) is 1. The molecule has 1 aromatic carbocycles. The van der Waals surface area contributed by atoms with Crippen molar-refractivity contribution in [3.05, 3.63) is 29.8 Å². The van der Waals surface area contributed by atoms with Gasteiger partial charge in [0.15, 0.2) is 6.61 Å². The maximum Gasteiger partial charge on any atom is 0.257 e. The van der Waals surface area contributed by atoms with Crippen molar-refractivity contribution in [2.45, 2.75) is 13.3 Å². The van der Waals surface area contributed by atoms with Gasteiger partial charge in [-0.2, -0.15) is 0 Å². The van der Waals surface area contributed by atoms with Crippen molar-refractivity contribution in [1.29, 1.82) is 0 Å². The Hall–Kier alpha value is -1.59. The molecular weight excluding hydrogens is 268 g/mol. The van der Waals surface area contributed by atoms with Crippen LogP contribution >= 0.6 is 0 Å². The molecule has 1 N–H and O–H groups in total. The number of hydrogen-bond acceptors (Lipinski definition) is 4. The van der Waals surface area contributed by atoms with Crippen molar-refractivity contribution < 1.29 is 14.3 Å². The lowest BCUT2D eigenvalue weighted by Crippen LogP contribution is -2.38. The Bertz CT molecular complexity index is 445. The summed E-state index contributed by atoms with van der Waals surface area (Å²) < 4.78 is 10.8. The zero-order valence-electron chi connectivity index (χ0n) is 12.6. The molecule has 0 unspecified atom stereocenters. The average Bonchev–Trinajstić information content (AvgIpc) is 2.51. The van der Waals surface area contributed by atoms with Crippen LogP contribution < -0.4 is 10.1 Å². The Balaban J connectivity index is 1.55. The highest BCUT2D eigenvalue weighted by Gasteiger charge is 2.09. The molecule has 0 aliphatic carbocycles. The molecule has 0 bridgehead atoms. The SMILES string of the molecule is Cc1cccc(OCC(=O)NCCCN2CCOCC2)c1. The van der Waals surface area contributed by atoms with Gasteiger partial charge < -0.3 is 14.8 Å². The van der Waals surface area contributed by atoms with Crippen LogP contribution in [-0.4, -0.2) is 56.8 Å². The third kappa shape index (κ3) is 6.14. The fraction of sp³-hybridized carbons (Fsp3) is 0.562. The largest absolute Gasteiger partial charge is 0.484 e. The number of amides is 1. The molecule has 1 amide bonds. The maximum atomic E-state index is 11.7. The van der Waals surface area contributed by atoms with E-state index in [0.29, 0.717) is 6.54 Å². The van der Waals surface area contributed by atoms with Gasteiger partial charge in [-0.3, -0.25) is 9.69 Å². The summed E-state index contributed by atoms with van der Waals surface area (Å²) in [5, 5.41) is 2.89. The summed E-state index contributed by atoms with van der Waals surface area (Å²) >= 11 is 0. The number of ether oxygens (including phenoxy) is 2. The lowest BCUT2D eigenvalue weighted by atomic mass is 10.2. The number of aryl methyl sites for hydroxylation is 1. The van der Waals surface area contributed by atoms with E-state index in [4.69, 9.17) is 9.47 Å². The monoisotopic (exact) mass is 292 g/mol. The second-order valence-electron chi connectivity index (χ2n) is 5.26. The molecule has 0 atom stereocenters. The van der Waals surface area contributed by atoms with Crippen LogP contribution in [0.4, 0.5) is 0 Å². The molecule has 1 aliphatic heterocycles. The third-order valence-corrected chi connectivity index (χ3v) is 3.44. The van der Waals surface area contributed by atoms with Gasteiger partial charge in [-0.25, -0.2) is 0 Å². The molecule has 1 saturated heterocycles. The highest BCUT2D eigenvalue weighted by atomic mass is 16.5. The fourth-order valence-electron chi connectivity index (χ4n) is 2.26. The molecule has 5 nitrogen and oxygen atoms in total. The molecular formula is C16H24N2O3. The Kier molecular flexibility index (Phi) is 6.50. The Morgan fingerprint density at radius 1 is 1.38 bits per heavy atom. The number of rotatable bonds is 7. The molecule has 1 aromatic rings.